The first-order valence-electron chi connectivity index (χ1n) is 10.3. The molecule has 2 heterocycles. The molecule has 1 aliphatic carbocycles. The summed E-state index contributed by atoms with van der Waals surface area (Å²) in [6.45, 7) is 5.19. The van der Waals surface area contributed by atoms with Crippen LogP contribution in [0.3, 0.4) is 0 Å². The summed E-state index contributed by atoms with van der Waals surface area (Å²) in [7, 11) is 0. The molecule has 1 saturated heterocycles. The van der Waals surface area contributed by atoms with E-state index in [1.54, 1.807) is 11.3 Å². The molecule has 1 unspecified atom stereocenters. The van der Waals surface area contributed by atoms with Gasteiger partial charge in [-0.1, -0.05) is 35.6 Å². The number of hydrogen-bond acceptors (Lipinski definition) is 5. The SMILES string of the molecule is Cc1nnc(-c2cccc(NC(=O)C3CCN(CC4CC=CCC4)CC3)c2)s1. The minimum Gasteiger partial charge on any atom is -0.326 e. The van der Waals surface area contributed by atoms with E-state index in [-0.39, 0.29) is 11.8 Å². The molecule has 5 nitrogen and oxygen atoms in total. The predicted molar refractivity (Wildman–Crippen MR) is 114 cm³/mol. The molecule has 0 saturated carbocycles. The van der Waals surface area contributed by atoms with Crippen LogP contribution in [0.15, 0.2) is 36.4 Å². The summed E-state index contributed by atoms with van der Waals surface area (Å²) in [5.74, 6) is 1.04. The van der Waals surface area contributed by atoms with Crippen LogP contribution in [-0.4, -0.2) is 40.6 Å². The lowest BCUT2D eigenvalue weighted by Crippen LogP contribution is -2.40. The number of likely N-dealkylation sites (tertiary alicyclic amines) is 1. The second-order valence-corrected chi connectivity index (χ2v) is 9.10. The van der Waals surface area contributed by atoms with Crippen LogP contribution < -0.4 is 5.32 Å². The lowest BCUT2D eigenvalue weighted by molar-refractivity contribution is -0.121. The van der Waals surface area contributed by atoms with Gasteiger partial charge in [-0.05, 0) is 70.2 Å². The van der Waals surface area contributed by atoms with Gasteiger partial charge in [0, 0.05) is 23.7 Å². The summed E-state index contributed by atoms with van der Waals surface area (Å²) in [6, 6.07) is 7.90. The Morgan fingerprint density at radius 1 is 1.21 bits per heavy atom. The topological polar surface area (TPSA) is 58.1 Å². The second kappa shape index (κ2) is 8.97. The molecule has 1 aliphatic heterocycles. The molecule has 0 spiro atoms. The highest BCUT2D eigenvalue weighted by Crippen LogP contribution is 2.27. The zero-order valence-corrected chi connectivity index (χ0v) is 17.3. The van der Waals surface area contributed by atoms with Gasteiger partial charge >= 0.3 is 0 Å². The molecular formula is C22H28N4OS. The molecule has 1 aromatic heterocycles. The van der Waals surface area contributed by atoms with E-state index in [0.29, 0.717) is 0 Å². The molecule has 148 valence electrons. The molecule has 1 fully saturated rings. The fraction of sp³-hybridized carbons (Fsp3) is 0.500. The van der Waals surface area contributed by atoms with E-state index >= 15 is 0 Å². The van der Waals surface area contributed by atoms with Crippen molar-refractivity contribution in [1.29, 1.82) is 0 Å². The molecule has 2 aromatic rings. The Morgan fingerprint density at radius 3 is 2.79 bits per heavy atom. The highest BCUT2D eigenvalue weighted by atomic mass is 32.1. The van der Waals surface area contributed by atoms with E-state index in [2.05, 4.69) is 32.6 Å². The zero-order valence-electron chi connectivity index (χ0n) is 16.4. The molecule has 1 N–H and O–H groups in total. The number of benzene rings is 1. The number of aryl methyl sites for hydroxylation is 1. The molecule has 1 amide bonds. The summed E-state index contributed by atoms with van der Waals surface area (Å²) in [5, 5.41) is 13.2. The van der Waals surface area contributed by atoms with E-state index < -0.39 is 0 Å². The first-order chi connectivity index (χ1) is 13.7. The fourth-order valence-electron chi connectivity index (χ4n) is 4.15. The Morgan fingerprint density at radius 2 is 2.07 bits per heavy atom. The van der Waals surface area contributed by atoms with Crippen LogP contribution in [0, 0.1) is 18.8 Å². The molecule has 0 radical (unpaired) electrons. The molecule has 28 heavy (non-hydrogen) atoms. The van der Waals surface area contributed by atoms with Gasteiger partial charge in [0.1, 0.15) is 10.0 Å². The van der Waals surface area contributed by atoms with Gasteiger partial charge in [-0.3, -0.25) is 4.79 Å². The second-order valence-electron chi connectivity index (χ2n) is 7.92. The molecule has 4 rings (SSSR count). The van der Waals surface area contributed by atoms with Crippen molar-refractivity contribution in [2.45, 2.75) is 39.0 Å². The van der Waals surface area contributed by atoms with Crippen LogP contribution in [0.5, 0.6) is 0 Å². The maximum atomic E-state index is 12.8. The number of anilines is 1. The smallest absolute Gasteiger partial charge is 0.227 e. The van der Waals surface area contributed by atoms with E-state index in [1.807, 2.05) is 31.2 Å². The molecule has 2 aliphatic rings. The van der Waals surface area contributed by atoms with Crippen molar-refractivity contribution < 1.29 is 4.79 Å². The first-order valence-corrected chi connectivity index (χ1v) is 11.1. The molecule has 1 aromatic carbocycles. The van der Waals surface area contributed by atoms with Gasteiger partial charge in [-0.15, -0.1) is 10.2 Å². The summed E-state index contributed by atoms with van der Waals surface area (Å²) < 4.78 is 0. The monoisotopic (exact) mass is 396 g/mol. The number of nitrogens with one attached hydrogen (secondary N) is 1. The number of piperidine rings is 1. The van der Waals surface area contributed by atoms with Crippen molar-refractivity contribution in [3.63, 3.8) is 0 Å². The Bertz CT molecular complexity index is 839. The number of carbonyl (C=O) groups is 1. The van der Waals surface area contributed by atoms with Crippen LogP contribution in [0.2, 0.25) is 0 Å². The zero-order chi connectivity index (χ0) is 19.3. The largest absolute Gasteiger partial charge is 0.326 e. The number of rotatable bonds is 5. The minimum atomic E-state index is 0.106. The fourth-order valence-corrected chi connectivity index (χ4v) is 4.84. The van der Waals surface area contributed by atoms with Gasteiger partial charge in [0.25, 0.3) is 0 Å². The summed E-state index contributed by atoms with van der Waals surface area (Å²) in [6.07, 6.45) is 10.3. The predicted octanol–water partition coefficient (Wildman–Crippen LogP) is 4.52. The summed E-state index contributed by atoms with van der Waals surface area (Å²) in [5.41, 5.74) is 1.84. The number of hydrogen-bond donors (Lipinski definition) is 1. The Kier molecular flexibility index (Phi) is 6.17. The van der Waals surface area contributed by atoms with Crippen molar-refractivity contribution in [2.24, 2.45) is 11.8 Å². The van der Waals surface area contributed by atoms with E-state index in [4.69, 9.17) is 0 Å². The summed E-state index contributed by atoms with van der Waals surface area (Å²) in [4.78, 5) is 15.3. The van der Waals surface area contributed by atoms with Crippen LogP contribution in [0.1, 0.15) is 37.1 Å². The Labute approximate surface area is 170 Å². The van der Waals surface area contributed by atoms with Crippen molar-refractivity contribution >= 4 is 22.9 Å². The minimum absolute atomic E-state index is 0.106. The molecular weight excluding hydrogens is 368 g/mol. The quantitative estimate of drug-likeness (QED) is 0.755. The van der Waals surface area contributed by atoms with Crippen LogP contribution in [0.4, 0.5) is 5.69 Å². The average Bonchev–Trinajstić information content (AvgIpc) is 3.16. The molecule has 6 heteroatoms. The van der Waals surface area contributed by atoms with Gasteiger partial charge in [0.2, 0.25) is 5.91 Å². The average molecular weight is 397 g/mol. The van der Waals surface area contributed by atoms with Gasteiger partial charge < -0.3 is 10.2 Å². The third kappa shape index (κ3) is 4.86. The lowest BCUT2D eigenvalue weighted by Gasteiger charge is -2.34. The number of amides is 1. The van der Waals surface area contributed by atoms with E-state index in [1.165, 1.54) is 25.8 Å². The van der Waals surface area contributed by atoms with Crippen LogP contribution in [-0.2, 0) is 4.79 Å². The van der Waals surface area contributed by atoms with Gasteiger partial charge in [-0.2, -0.15) is 0 Å². The van der Waals surface area contributed by atoms with Crippen molar-refractivity contribution in [2.75, 3.05) is 25.0 Å². The number of carbonyl (C=O) groups excluding carboxylic acids is 1. The first kappa shape index (κ1) is 19.3. The Hall–Kier alpha value is -2.05. The van der Waals surface area contributed by atoms with E-state index in [0.717, 1.165) is 53.1 Å². The highest BCUT2D eigenvalue weighted by Gasteiger charge is 2.26. The highest BCUT2D eigenvalue weighted by molar-refractivity contribution is 7.14. The maximum absolute atomic E-state index is 12.8. The van der Waals surface area contributed by atoms with Gasteiger partial charge in [0.15, 0.2) is 0 Å². The molecule has 1 atom stereocenters. The van der Waals surface area contributed by atoms with Crippen molar-refractivity contribution in [1.82, 2.24) is 15.1 Å². The number of allylic oxidation sites excluding steroid dienone is 2. The normalized spacial score (nSPS) is 21.0. The van der Waals surface area contributed by atoms with Gasteiger partial charge in [-0.25, -0.2) is 0 Å². The van der Waals surface area contributed by atoms with E-state index in [9.17, 15) is 4.79 Å². The standard InChI is InChI=1S/C22H28N4OS/c1-16-24-25-22(28-16)19-8-5-9-20(14-19)23-21(27)18-10-12-26(13-11-18)15-17-6-3-2-4-7-17/h2-3,5,8-9,14,17-18H,4,6-7,10-13,15H2,1H3,(H,23,27). The van der Waals surface area contributed by atoms with Crippen molar-refractivity contribution in [3.8, 4) is 10.6 Å². The maximum Gasteiger partial charge on any atom is 0.227 e. The number of aromatic nitrogens is 2. The molecule has 0 bridgehead atoms. The number of nitrogens with zero attached hydrogens (tertiary/aromatic N) is 3. The summed E-state index contributed by atoms with van der Waals surface area (Å²) >= 11 is 1.57. The Balaban J connectivity index is 1.29. The third-order valence-electron chi connectivity index (χ3n) is 5.76. The van der Waals surface area contributed by atoms with Crippen molar-refractivity contribution in [3.05, 3.63) is 41.4 Å². The van der Waals surface area contributed by atoms with Gasteiger partial charge in [0.05, 0.1) is 0 Å². The van der Waals surface area contributed by atoms with Crippen LogP contribution in [0.25, 0.3) is 10.6 Å². The van der Waals surface area contributed by atoms with Crippen LogP contribution >= 0.6 is 11.3 Å². The third-order valence-corrected chi connectivity index (χ3v) is 6.64. The lowest BCUT2D eigenvalue weighted by atomic mass is 9.91.